The summed E-state index contributed by atoms with van der Waals surface area (Å²) < 4.78 is 0. The van der Waals surface area contributed by atoms with Gasteiger partial charge in [0.15, 0.2) is 5.96 Å². The van der Waals surface area contributed by atoms with Gasteiger partial charge >= 0.3 is 0 Å². The molecule has 0 aliphatic rings. The van der Waals surface area contributed by atoms with Crippen molar-refractivity contribution < 1.29 is 4.79 Å². The average Bonchev–Trinajstić information content (AvgIpc) is 2.77. The highest BCUT2D eigenvalue weighted by atomic mass is 16.2. The summed E-state index contributed by atoms with van der Waals surface area (Å²) >= 11 is 0. The molecule has 156 valence electrons. The minimum atomic E-state index is 0.0230. The summed E-state index contributed by atoms with van der Waals surface area (Å²) in [7, 11) is 3.54. The lowest BCUT2D eigenvalue weighted by molar-refractivity contribution is 0.0827. The quantitative estimate of drug-likeness (QED) is 0.466. The van der Waals surface area contributed by atoms with Gasteiger partial charge in [-0.2, -0.15) is 0 Å². The SMILES string of the molecule is CCNC(=NCc1cccc2ccccc12)NCCc1cccc(C(=O)N(C)C)c1. The number of amides is 1. The fourth-order valence-corrected chi connectivity index (χ4v) is 3.38. The molecule has 0 saturated heterocycles. The monoisotopic (exact) mass is 402 g/mol. The van der Waals surface area contributed by atoms with Crippen LogP contribution in [0.2, 0.25) is 0 Å². The number of fused-ring (bicyclic) bond motifs is 1. The van der Waals surface area contributed by atoms with Crippen molar-refractivity contribution in [2.24, 2.45) is 4.99 Å². The van der Waals surface area contributed by atoms with Crippen molar-refractivity contribution in [3.8, 4) is 0 Å². The Morgan fingerprint density at radius 2 is 1.73 bits per heavy atom. The van der Waals surface area contributed by atoms with Crippen LogP contribution in [0.25, 0.3) is 10.8 Å². The Kier molecular flexibility index (Phi) is 7.44. The predicted octanol–water partition coefficient (Wildman–Crippen LogP) is 3.84. The predicted molar refractivity (Wildman–Crippen MR) is 125 cm³/mol. The van der Waals surface area contributed by atoms with Crippen LogP contribution in [0.15, 0.2) is 71.7 Å². The molecule has 30 heavy (non-hydrogen) atoms. The van der Waals surface area contributed by atoms with Gasteiger partial charge < -0.3 is 15.5 Å². The highest BCUT2D eigenvalue weighted by Crippen LogP contribution is 2.19. The topological polar surface area (TPSA) is 56.7 Å². The number of hydrogen-bond donors (Lipinski definition) is 2. The summed E-state index contributed by atoms with van der Waals surface area (Å²) in [4.78, 5) is 18.5. The lowest BCUT2D eigenvalue weighted by Gasteiger charge is -2.13. The first kappa shape index (κ1) is 21.4. The fourth-order valence-electron chi connectivity index (χ4n) is 3.38. The molecule has 0 saturated carbocycles. The van der Waals surface area contributed by atoms with E-state index >= 15 is 0 Å². The number of nitrogens with zero attached hydrogens (tertiary/aromatic N) is 2. The van der Waals surface area contributed by atoms with Gasteiger partial charge in [0.1, 0.15) is 0 Å². The summed E-state index contributed by atoms with van der Waals surface area (Å²) in [6, 6.07) is 22.5. The highest BCUT2D eigenvalue weighted by Gasteiger charge is 2.08. The van der Waals surface area contributed by atoms with Crippen LogP contribution in [0.3, 0.4) is 0 Å². The molecule has 0 bridgehead atoms. The first-order valence-electron chi connectivity index (χ1n) is 10.4. The number of carbonyl (C=O) groups is 1. The maximum atomic E-state index is 12.2. The Morgan fingerprint density at radius 1 is 0.967 bits per heavy atom. The number of aliphatic imine (C=N–C) groups is 1. The maximum Gasteiger partial charge on any atom is 0.253 e. The molecule has 0 aliphatic heterocycles. The highest BCUT2D eigenvalue weighted by molar-refractivity contribution is 5.94. The summed E-state index contributed by atoms with van der Waals surface area (Å²) in [5.41, 5.74) is 3.05. The minimum absolute atomic E-state index is 0.0230. The zero-order chi connectivity index (χ0) is 21.3. The molecule has 0 aliphatic carbocycles. The van der Waals surface area contributed by atoms with Crippen molar-refractivity contribution in [3.63, 3.8) is 0 Å². The number of carbonyl (C=O) groups excluding carboxylic acids is 1. The minimum Gasteiger partial charge on any atom is -0.357 e. The lowest BCUT2D eigenvalue weighted by atomic mass is 10.1. The zero-order valence-corrected chi connectivity index (χ0v) is 18.0. The summed E-state index contributed by atoms with van der Waals surface area (Å²) in [6.07, 6.45) is 0.813. The van der Waals surface area contributed by atoms with Crippen molar-refractivity contribution in [2.75, 3.05) is 27.2 Å². The Bertz CT molecular complexity index is 1020. The summed E-state index contributed by atoms with van der Waals surface area (Å²) in [5.74, 6) is 0.820. The van der Waals surface area contributed by atoms with E-state index in [2.05, 4.69) is 60.0 Å². The second-order valence-corrected chi connectivity index (χ2v) is 7.41. The van der Waals surface area contributed by atoms with Gasteiger partial charge in [0.25, 0.3) is 5.91 Å². The number of benzene rings is 3. The maximum absolute atomic E-state index is 12.2. The summed E-state index contributed by atoms with van der Waals surface area (Å²) in [5, 5.41) is 9.18. The van der Waals surface area contributed by atoms with Gasteiger partial charge in [-0.3, -0.25) is 4.79 Å². The Labute approximate surface area is 178 Å². The molecule has 3 aromatic rings. The molecule has 0 fully saturated rings. The smallest absolute Gasteiger partial charge is 0.253 e. The number of hydrogen-bond acceptors (Lipinski definition) is 2. The molecular formula is C25H30N4O. The van der Waals surface area contributed by atoms with Gasteiger partial charge in [-0.05, 0) is 47.4 Å². The van der Waals surface area contributed by atoms with Crippen molar-refractivity contribution in [1.82, 2.24) is 15.5 Å². The normalized spacial score (nSPS) is 11.4. The van der Waals surface area contributed by atoms with Gasteiger partial charge in [-0.15, -0.1) is 0 Å². The van der Waals surface area contributed by atoms with E-state index in [0.29, 0.717) is 12.1 Å². The van der Waals surface area contributed by atoms with E-state index in [4.69, 9.17) is 4.99 Å². The molecular weight excluding hydrogens is 372 g/mol. The van der Waals surface area contributed by atoms with E-state index in [0.717, 1.165) is 31.0 Å². The molecule has 0 heterocycles. The standard InChI is InChI=1S/C25H30N4O/c1-4-26-25(28-18-22-13-8-11-20-10-5-6-14-23(20)22)27-16-15-19-9-7-12-21(17-19)24(30)29(2)3/h5-14,17H,4,15-16,18H2,1-3H3,(H2,26,27,28). The first-order valence-corrected chi connectivity index (χ1v) is 10.4. The van der Waals surface area contributed by atoms with E-state index in [1.54, 1.807) is 19.0 Å². The average molecular weight is 403 g/mol. The third kappa shape index (κ3) is 5.60. The molecule has 1 amide bonds. The van der Waals surface area contributed by atoms with E-state index < -0.39 is 0 Å². The summed E-state index contributed by atoms with van der Waals surface area (Å²) in [6.45, 7) is 4.21. The molecule has 3 rings (SSSR count). The van der Waals surface area contributed by atoms with Crippen molar-refractivity contribution >= 4 is 22.6 Å². The number of nitrogens with one attached hydrogen (secondary N) is 2. The molecule has 0 spiro atoms. The van der Waals surface area contributed by atoms with Gasteiger partial charge in [0, 0.05) is 32.7 Å². The molecule has 5 nitrogen and oxygen atoms in total. The zero-order valence-electron chi connectivity index (χ0n) is 18.0. The van der Waals surface area contributed by atoms with E-state index in [1.165, 1.54) is 16.3 Å². The van der Waals surface area contributed by atoms with Crippen LogP contribution in [0.1, 0.15) is 28.4 Å². The van der Waals surface area contributed by atoms with E-state index in [1.807, 2.05) is 24.3 Å². The lowest BCUT2D eigenvalue weighted by Crippen LogP contribution is -2.38. The molecule has 0 unspecified atom stereocenters. The molecule has 0 aromatic heterocycles. The molecule has 3 aromatic carbocycles. The third-order valence-electron chi connectivity index (χ3n) is 4.92. The van der Waals surface area contributed by atoms with Crippen LogP contribution in [0.5, 0.6) is 0 Å². The van der Waals surface area contributed by atoms with Crippen LogP contribution in [0.4, 0.5) is 0 Å². The first-order chi connectivity index (χ1) is 14.6. The Hall–Kier alpha value is -3.34. The van der Waals surface area contributed by atoms with Crippen molar-refractivity contribution in [1.29, 1.82) is 0 Å². The number of guanidine groups is 1. The Balaban J connectivity index is 1.63. The van der Waals surface area contributed by atoms with Crippen molar-refractivity contribution in [2.45, 2.75) is 19.9 Å². The molecule has 0 radical (unpaired) electrons. The molecule has 5 heteroatoms. The second-order valence-electron chi connectivity index (χ2n) is 7.41. The van der Waals surface area contributed by atoms with E-state index in [-0.39, 0.29) is 5.91 Å². The number of rotatable bonds is 7. The fraction of sp³-hybridized carbons (Fsp3) is 0.280. The van der Waals surface area contributed by atoms with Gasteiger partial charge in [-0.1, -0.05) is 54.6 Å². The van der Waals surface area contributed by atoms with Crippen LogP contribution in [-0.4, -0.2) is 44.0 Å². The van der Waals surface area contributed by atoms with Crippen LogP contribution >= 0.6 is 0 Å². The van der Waals surface area contributed by atoms with Crippen LogP contribution in [-0.2, 0) is 13.0 Å². The third-order valence-corrected chi connectivity index (χ3v) is 4.92. The van der Waals surface area contributed by atoms with Crippen LogP contribution in [0, 0.1) is 0 Å². The largest absolute Gasteiger partial charge is 0.357 e. The van der Waals surface area contributed by atoms with Gasteiger partial charge in [0.05, 0.1) is 6.54 Å². The van der Waals surface area contributed by atoms with Gasteiger partial charge in [0.2, 0.25) is 0 Å². The second kappa shape index (κ2) is 10.4. The molecule has 2 N–H and O–H groups in total. The van der Waals surface area contributed by atoms with Crippen LogP contribution < -0.4 is 10.6 Å². The Morgan fingerprint density at radius 3 is 2.53 bits per heavy atom. The van der Waals surface area contributed by atoms with E-state index in [9.17, 15) is 4.79 Å². The van der Waals surface area contributed by atoms with Crippen molar-refractivity contribution in [3.05, 3.63) is 83.4 Å². The van der Waals surface area contributed by atoms with Gasteiger partial charge in [-0.25, -0.2) is 4.99 Å². The molecule has 0 atom stereocenters.